The summed E-state index contributed by atoms with van der Waals surface area (Å²) in [5.41, 5.74) is 0. The lowest BCUT2D eigenvalue weighted by molar-refractivity contribution is 0.104. The number of rotatable bonds is 3. The van der Waals surface area contributed by atoms with E-state index in [1.807, 2.05) is 6.92 Å². The van der Waals surface area contributed by atoms with Crippen molar-refractivity contribution in [1.82, 2.24) is 5.32 Å². The Morgan fingerprint density at radius 2 is 2.30 bits per heavy atom. The Kier molecular flexibility index (Phi) is 3.16. The Morgan fingerprint density at radius 1 is 1.50 bits per heavy atom. The highest BCUT2D eigenvalue weighted by atomic mass is 16.5. The molecule has 1 fully saturated rings. The maximum atomic E-state index is 5.35. The van der Waals surface area contributed by atoms with Gasteiger partial charge < -0.3 is 10.1 Å². The van der Waals surface area contributed by atoms with E-state index in [1.54, 1.807) is 0 Å². The smallest absolute Gasteiger partial charge is 0.0509 e. The zero-order valence-electron chi connectivity index (χ0n) is 6.89. The summed E-state index contributed by atoms with van der Waals surface area (Å²) < 4.78 is 5.35. The standard InChI is InChI=1S/C8H17NO/c1-3-10-6-8-5-9-4-7(8)2/h7-9H,3-6H2,1-2H3/t7-,8+/m0/s1. The van der Waals surface area contributed by atoms with Crippen molar-refractivity contribution in [3.05, 3.63) is 0 Å². The van der Waals surface area contributed by atoms with Crippen molar-refractivity contribution in [1.29, 1.82) is 0 Å². The lowest BCUT2D eigenvalue weighted by atomic mass is 9.99. The van der Waals surface area contributed by atoms with Crippen molar-refractivity contribution in [3.8, 4) is 0 Å². The lowest BCUT2D eigenvalue weighted by Gasteiger charge is -2.12. The maximum absolute atomic E-state index is 5.35. The molecule has 1 rings (SSSR count). The molecule has 0 saturated carbocycles. The van der Waals surface area contributed by atoms with Crippen LogP contribution in [0.3, 0.4) is 0 Å². The third-order valence-corrected chi connectivity index (χ3v) is 2.21. The van der Waals surface area contributed by atoms with Crippen LogP contribution < -0.4 is 5.32 Å². The van der Waals surface area contributed by atoms with Gasteiger partial charge in [0.25, 0.3) is 0 Å². The molecule has 0 bridgehead atoms. The van der Waals surface area contributed by atoms with Gasteiger partial charge >= 0.3 is 0 Å². The van der Waals surface area contributed by atoms with Crippen molar-refractivity contribution in [2.75, 3.05) is 26.3 Å². The molecule has 1 aliphatic heterocycles. The van der Waals surface area contributed by atoms with Gasteiger partial charge in [-0.3, -0.25) is 0 Å². The number of ether oxygens (including phenoxy) is 1. The van der Waals surface area contributed by atoms with Crippen LogP contribution in [-0.4, -0.2) is 26.3 Å². The minimum Gasteiger partial charge on any atom is -0.381 e. The van der Waals surface area contributed by atoms with Crippen LogP contribution >= 0.6 is 0 Å². The SMILES string of the molecule is CCOC[C@H]1CNC[C@@H]1C. The van der Waals surface area contributed by atoms with Crippen LogP contribution in [0.4, 0.5) is 0 Å². The molecule has 0 unspecified atom stereocenters. The average molecular weight is 143 g/mol. The molecule has 1 heterocycles. The first-order valence-electron chi connectivity index (χ1n) is 4.13. The second-order valence-electron chi connectivity index (χ2n) is 3.06. The first kappa shape index (κ1) is 8.02. The quantitative estimate of drug-likeness (QED) is 0.633. The van der Waals surface area contributed by atoms with E-state index in [0.717, 1.165) is 38.1 Å². The highest BCUT2D eigenvalue weighted by Gasteiger charge is 2.22. The van der Waals surface area contributed by atoms with E-state index < -0.39 is 0 Å². The number of nitrogens with one attached hydrogen (secondary N) is 1. The molecule has 2 atom stereocenters. The second kappa shape index (κ2) is 3.94. The zero-order chi connectivity index (χ0) is 7.40. The summed E-state index contributed by atoms with van der Waals surface area (Å²) >= 11 is 0. The van der Waals surface area contributed by atoms with Gasteiger partial charge in [-0.05, 0) is 25.3 Å². The molecule has 1 N–H and O–H groups in total. The van der Waals surface area contributed by atoms with Crippen molar-refractivity contribution in [3.63, 3.8) is 0 Å². The fourth-order valence-electron chi connectivity index (χ4n) is 1.36. The first-order valence-corrected chi connectivity index (χ1v) is 4.13. The van der Waals surface area contributed by atoms with Gasteiger partial charge in [0, 0.05) is 13.2 Å². The molecule has 0 aromatic heterocycles. The van der Waals surface area contributed by atoms with Crippen molar-refractivity contribution in [2.45, 2.75) is 13.8 Å². The lowest BCUT2D eigenvalue weighted by Crippen LogP contribution is -2.16. The third kappa shape index (κ3) is 1.96. The van der Waals surface area contributed by atoms with Gasteiger partial charge in [0.05, 0.1) is 6.61 Å². The van der Waals surface area contributed by atoms with Gasteiger partial charge in [-0.25, -0.2) is 0 Å². The van der Waals surface area contributed by atoms with E-state index in [0.29, 0.717) is 0 Å². The van der Waals surface area contributed by atoms with Crippen LogP contribution in [0.15, 0.2) is 0 Å². The summed E-state index contributed by atoms with van der Waals surface area (Å²) in [6, 6.07) is 0. The van der Waals surface area contributed by atoms with Gasteiger partial charge in [0.1, 0.15) is 0 Å². The Labute approximate surface area is 63.0 Å². The second-order valence-corrected chi connectivity index (χ2v) is 3.06. The summed E-state index contributed by atoms with van der Waals surface area (Å²) in [4.78, 5) is 0. The molecule has 1 saturated heterocycles. The van der Waals surface area contributed by atoms with Crippen molar-refractivity contribution in [2.24, 2.45) is 11.8 Å². The molecule has 0 amide bonds. The topological polar surface area (TPSA) is 21.3 Å². The molecule has 0 aromatic rings. The molecular formula is C8H17NO. The highest BCUT2D eigenvalue weighted by Crippen LogP contribution is 2.15. The average Bonchev–Trinajstić information content (AvgIpc) is 2.31. The Morgan fingerprint density at radius 3 is 2.80 bits per heavy atom. The zero-order valence-corrected chi connectivity index (χ0v) is 6.89. The van der Waals surface area contributed by atoms with E-state index in [-0.39, 0.29) is 0 Å². The van der Waals surface area contributed by atoms with Gasteiger partial charge in [-0.1, -0.05) is 6.92 Å². The fraction of sp³-hybridized carbons (Fsp3) is 1.00. The molecule has 0 aromatic carbocycles. The molecule has 0 spiro atoms. The number of hydrogen-bond donors (Lipinski definition) is 1. The Balaban J connectivity index is 2.14. The molecule has 2 heteroatoms. The molecular weight excluding hydrogens is 126 g/mol. The van der Waals surface area contributed by atoms with Crippen LogP contribution in [0.5, 0.6) is 0 Å². The summed E-state index contributed by atoms with van der Waals surface area (Å²) in [6.45, 7) is 8.42. The predicted octanol–water partition coefficient (Wildman–Crippen LogP) is 0.878. The molecule has 60 valence electrons. The van der Waals surface area contributed by atoms with E-state index in [4.69, 9.17) is 4.74 Å². The van der Waals surface area contributed by atoms with Gasteiger partial charge in [-0.2, -0.15) is 0 Å². The van der Waals surface area contributed by atoms with Crippen molar-refractivity contribution >= 4 is 0 Å². The molecule has 2 nitrogen and oxygen atoms in total. The normalized spacial score (nSPS) is 33.0. The molecule has 1 aliphatic rings. The summed E-state index contributed by atoms with van der Waals surface area (Å²) in [5, 5.41) is 3.35. The van der Waals surface area contributed by atoms with E-state index in [9.17, 15) is 0 Å². The molecule has 0 aliphatic carbocycles. The Bertz CT molecular complexity index is 95.3. The Hall–Kier alpha value is -0.0800. The van der Waals surface area contributed by atoms with Crippen molar-refractivity contribution < 1.29 is 4.74 Å². The van der Waals surface area contributed by atoms with Crippen LogP contribution in [-0.2, 0) is 4.74 Å². The number of hydrogen-bond acceptors (Lipinski definition) is 2. The largest absolute Gasteiger partial charge is 0.381 e. The maximum Gasteiger partial charge on any atom is 0.0509 e. The minimum atomic E-state index is 0.750. The summed E-state index contributed by atoms with van der Waals surface area (Å²) in [5.74, 6) is 1.55. The van der Waals surface area contributed by atoms with Crippen LogP contribution in [0.2, 0.25) is 0 Å². The third-order valence-electron chi connectivity index (χ3n) is 2.21. The molecule has 10 heavy (non-hydrogen) atoms. The van der Waals surface area contributed by atoms with E-state index in [2.05, 4.69) is 12.2 Å². The highest BCUT2D eigenvalue weighted by molar-refractivity contribution is 4.77. The van der Waals surface area contributed by atoms with Crippen LogP contribution in [0.1, 0.15) is 13.8 Å². The minimum absolute atomic E-state index is 0.750. The van der Waals surface area contributed by atoms with E-state index >= 15 is 0 Å². The summed E-state index contributed by atoms with van der Waals surface area (Å²) in [7, 11) is 0. The van der Waals surface area contributed by atoms with Crippen LogP contribution in [0, 0.1) is 11.8 Å². The van der Waals surface area contributed by atoms with E-state index in [1.165, 1.54) is 0 Å². The predicted molar refractivity (Wildman–Crippen MR) is 42.0 cm³/mol. The summed E-state index contributed by atoms with van der Waals surface area (Å²) in [6.07, 6.45) is 0. The fourth-order valence-corrected chi connectivity index (χ4v) is 1.36. The molecule has 0 radical (unpaired) electrons. The van der Waals surface area contributed by atoms with Gasteiger partial charge in [0.2, 0.25) is 0 Å². The van der Waals surface area contributed by atoms with Gasteiger partial charge in [0.15, 0.2) is 0 Å². The monoisotopic (exact) mass is 143 g/mol. The van der Waals surface area contributed by atoms with Crippen LogP contribution in [0.25, 0.3) is 0 Å². The van der Waals surface area contributed by atoms with Gasteiger partial charge in [-0.15, -0.1) is 0 Å². The first-order chi connectivity index (χ1) is 4.84.